The second kappa shape index (κ2) is 8.65. The molecule has 9 heteroatoms. The molecular weight excluding hydrogens is 420 g/mol. The van der Waals surface area contributed by atoms with E-state index in [9.17, 15) is 9.50 Å². The summed E-state index contributed by atoms with van der Waals surface area (Å²) >= 11 is 0. The number of aromatic amines is 1. The summed E-state index contributed by atoms with van der Waals surface area (Å²) in [6, 6.07) is 8.44. The maximum atomic E-state index is 15.3. The van der Waals surface area contributed by atoms with E-state index in [1.807, 2.05) is 12.1 Å². The van der Waals surface area contributed by atoms with E-state index in [2.05, 4.69) is 14.9 Å². The number of hydrogen-bond donors (Lipinski definition) is 3. The fourth-order valence-corrected chi connectivity index (χ4v) is 4.44. The molecule has 2 aliphatic rings. The molecule has 0 aliphatic carbocycles. The maximum absolute atomic E-state index is 15.3. The number of ether oxygens (including phenoxy) is 2. The number of anilines is 1. The van der Waals surface area contributed by atoms with Crippen molar-refractivity contribution in [1.82, 2.24) is 9.97 Å². The molecular formula is C23H25F2N3O4. The average Bonchev–Trinajstić information content (AvgIpc) is 3.45. The minimum Gasteiger partial charge on any atom is -0.459 e. The predicted octanol–water partition coefficient (Wildman–Crippen LogP) is 3.00. The fraction of sp³-hybridized carbons (Fsp3) is 0.435. The van der Waals surface area contributed by atoms with Gasteiger partial charge < -0.3 is 29.6 Å². The van der Waals surface area contributed by atoms with Gasteiger partial charge in [0.1, 0.15) is 23.5 Å². The molecule has 2 aliphatic heterocycles. The summed E-state index contributed by atoms with van der Waals surface area (Å²) in [5, 5.41) is 19.1. The largest absolute Gasteiger partial charge is 0.459 e. The Morgan fingerprint density at radius 1 is 1.19 bits per heavy atom. The lowest BCUT2D eigenvalue weighted by Crippen LogP contribution is -2.45. The Labute approximate surface area is 183 Å². The number of imidazole rings is 1. The van der Waals surface area contributed by atoms with E-state index in [0.29, 0.717) is 5.56 Å². The van der Waals surface area contributed by atoms with Crippen LogP contribution in [-0.4, -0.2) is 64.8 Å². The topological polar surface area (TPSA) is 90.8 Å². The first-order valence-corrected chi connectivity index (χ1v) is 10.8. The van der Waals surface area contributed by atoms with Gasteiger partial charge in [0, 0.05) is 31.3 Å². The molecule has 170 valence electrons. The van der Waals surface area contributed by atoms with Crippen molar-refractivity contribution >= 4 is 16.7 Å². The van der Waals surface area contributed by atoms with Crippen LogP contribution in [0.5, 0.6) is 6.01 Å². The second-order valence-corrected chi connectivity index (χ2v) is 8.32. The standard InChI is InChI=1S/C23H25F2N3O4/c24-16-10-17-22(27-23(26-17)32-15-9-18(30)19(11-29)31-12-15)21(25)20(16)13-3-5-14(6-4-13)28-7-1-2-8-28/h3-6,10,15,18-19,29-30H,1-2,7-9,11-12H2,(H,26,27)/t15-,18+,19-/m1/s1. The molecule has 7 nitrogen and oxygen atoms in total. The van der Waals surface area contributed by atoms with Crippen molar-refractivity contribution in [1.29, 1.82) is 0 Å². The van der Waals surface area contributed by atoms with Gasteiger partial charge in [-0.25, -0.2) is 8.78 Å². The third-order valence-electron chi connectivity index (χ3n) is 6.16. The highest BCUT2D eigenvalue weighted by molar-refractivity contribution is 5.84. The number of nitrogens with zero attached hydrogens (tertiary/aromatic N) is 2. The number of nitrogens with one attached hydrogen (secondary N) is 1. The quantitative estimate of drug-likeness (QED) is 0.560. The van der Waals surface area contributed by atoms with E-state index < -0.39 is 29.9 Å². The number of halogens is 2. The van der Waals surface area contributed by atoms with Crippen LogP contribution in [0.15, 0.2) is 30.3 Å². The number of aliphatic hydroxyl groups excluding tert-OH is 2. The predicted molar refractivity (Wildman–Crippen MR) is 115 cm³/mol. The van der Waals surface area contributed by atoms with Gasteiger partial charge in [-0.05, 0) is 30.5 Å². The molecule has 0 radical (unpaired) electrons. The molecule has 0 amide bonds. The Morgan fingerprint density at radius 3 is 2.62 bits per heavy atom. The van der Waals surface area contributed by atoms with Crippen LogP contribution in [0.1, 0.15) is 19.3 Å². The zero-order chi connectivity index (χ0) is 22.2. The maximum Gasteiger partial charge on any atom is 0.295 e. The molecule has 3 atom stereocenters. The van der Waals surface area contributed by atoms with Gasteiger partial charge in [-0.3, -0.25) is 0 Å². The van der Waals surface area contributed by atoms with Crippen LogP contribution in [0.2, 0.25) is 0 Å². The minimum atomic E-state index is -0.882. The summed E-state index contributed by atoms with van der Waals surface area (Å²) in [4.78, 5) is 9.20. The van der Waals surface area contributed by atoms with Crippen molar-refractivity contribution in [3.8, 4) is 17.1 Å². The molecule has 5 rings (SSSR count). The third kappa shape index (κ3) is 3.92. The van der Waals surface area contributed by atoms with Crippen molar-refractivity contribution < 1.29 is 28.5 Å². The van der Waals surface area contributed by atoms with Crippen LogP contribution in [0.25, 0.3) is 22.2 Å². The third-order valence-corrected chi connectivity index (χ3v) is 6.16. The summed E-state index contributed by atoms with van der Waals surface area (Å²) in [5.74, 6) is -1.46. The SMILES string of the molecule is OC[C@H]1OC[C@H](Oc2nc3c(F)c(-c4ccc(N5CCCC5)cc4)c(F)cc3[nH]2)C[C@@H]1O. The van der Waals surface area contributed by atoms with Gasteiger partial charge in [0.2, 0.25) is 0 Å². The van der Waals surface area contributed by atoms with Gasteiger partial charge >= 0.3 is 0 Å². The van der Waals surface area contributed by atoms with E-state index in [0.717, 1.165) is 31.6 Å². The Morgan fingerprint density at radius 2 is 1.94 bits per heavy atom. The van der Waals surface area contributed by atoms with Crippen molar-refractivity contribution in [2.24, 2.45) is 0 Å². The van der Waals surface area contributed by atoms with E-state index >= 15 is 4.39 Å². The van der Waals surface area contributed by atoms with Crippen molar-refractivity contribution in [2.45, 2.75) is 37.6 Å². The van der Waals surface area contributed by atoms with E-state index in [4.69, 9.17) is 14.6 Å². The van der Waals surface area contributed by atoms with Gasteiger partial charge in [0.15, 0.2) is 5.82 Å². The Bertz CT molecular complexity index is 1100. The lowest BCUT2D eigenvalue weighted by Gasteiger charge is -2.31. The first kappa shape index (κ1) is 21.1. The number of fused-ring (bicyclic) bond motifs is 1. The normalized spacial score (nSPS) is 23.8. The average molecular weight is 445 g/mol. The molecule has 0 saturated carbocycles. The molecule has 2 fully saturated rings. The van der Waals surface area contributed by atoms with E-state index in [1.54, 1.807) is 12.1 Å². The Kier molecular flexibility index (Phi) is 5.71. The van der Waals surface area contributed by atoms with Gasteiger partial charge in [0.25, 0.3) is 6.01 Å². The highest BCUT2D eigenvalue weighted by Crippen LogP contribution is 2.34. The lowest BCUT2D eigenvalue weighted by molar-refractivity contribution is -0.131. The molecule has 1 aromatic heterocycles. The highest BCUT2D eigenvalue weighted by atomic mass is 19.1. The molecule has 0 bridgehead atoms. The van der Waals surface area contributed by atoms with E-state index in [-0.39, 0.29) is 42.2 Å². The first-order chi connectivity index (χ1) is 15.5. The minimum absolute atomic E-state index is 0.0167. The summed E-state index contributed by atoms with van der Waals surface area (Å²) < 4.78 is 41.2. The second-order valence-electron chi connectivity index (χ2n) is 8.32. The molecule has 32 heavy (non-hydrogen) atoms. The number of H-pyrrole nitrogens is 1. The first-order valence-electron chi connectivity index (χ1n) is 10.8. The number of rotatable bonds is 5. The molecule has 2 saturated heterocycles. The Balaban J connectivity index is 1.39. The number of aliphatic hydroxyl groups is 2. The smallest absolute Gasteiger partial charge is 0.295 e. The molecule has 2 aromatic carbocycles. The fourth-order valence-electron chi connectivity index (χ4n) is 4.44. The highest BCUT2D eigenvalue weighted by Gasteiger charge is 2.31. The Hall–Kier alpha value is -2.75. The zero-order valence-corrected chi connectivity index (χ0v) is 17.4. The van der Waals surface area contributed by atoms with Crippen LogP contribution in [0, 0.1) is 11.6 Å². The molecule has 0 spiro atoms. The molecule has 3 N–H and O–H groups in total. The van der Waals surface area contributed by atoms with Crippen LogP contribution in [-0.2, 0) is 4.74 Å². The summed E-state index contributed by atoms with van der Waals surface area (Å²) in [5.41, 5.74) is 1.51. The van der Waals surface area contributed by atoms with Gasteiger partial charge in [-0.2, -0.15) is 4.98 Å². The summed E-state index contributed by atoms with van der Waals surface area (Å²) in [6.45, 7) is 1.84. The molecule has 3 aromatic rings. The summed E-state index contributed by atoms with van der Waals surface area (Å²) in [6.07, 6.45) is 0.467. The van der Waals surface area contributed by atoms with Crippen molar-refractivity contribution in [2.75, 3.05) is 31.2 Å². The summed E-state index contributed by atoms with van der Waals surface area (Å²) in [7, 11) is 0. The van der Waals surface area contributed by atoms with Gasteiger partial charge in [0.05, 0.1) is 30.4 Å². The van der Waals surface area contributed by atoms with Crippen molar-refractivity contribution in [3.63, 3.8) is 0 Å². The van der Waals surface area contributed by atoms with Crippen LogP contribution < -0.4 is 9.64 Å². The van der Waals surface area contributed by atoms with Gasteiger partial charge in [-0.1, -0.05) is 12.1 Å². The lowest BCUT2D eigenvalue weighted by atomic mass is 10.0. The number of hydrogen-bond acceptors (Lipinski definition) is 6. The van der Waals surface area contributed by atoms with Crippen LogP contribution in [0.4, 0.5) is 14.5 Å². The zero-order valence-electron chi connectivity index (χ0n) is 17.4. The van der Waals surface area contributed by atoms with Gasteiger partial charge in [-0.15, -0.1) is 0 Å². The number of aromatic nitrogens is 2. The monoisotopic (exact) mass is 445 g/mol. The number of benzene rings is 2. The van der Waals surface area contributed by atoms with Crippen LogP contribution in [0.3, 0.4) is 0 Å². The van der Waals surface area contributed by atoms with E-state index in [1.165, 1.54) is 6.07 Å². The van der Waals surface area contributed by atoms with Crippen LogP contribution >= 0.6 is 0 Å². The van der Waals surface area contributed by atoms with Crippen molar-refractivity contribution in [3.05, 3.63) is 42.0 Å². The molecule has 0 unspecified atom stereocenters. The molecule has 3 heterocycles.